The van der Waals surface area contributed by atoms with E-state index in [-0.39, 0.29) is 35.3 Å². The minimum Gasteiger partial charge on any atom is -0.465 e. The van der Waals surface area contributed by atoms with Gasteiger partial charge in [-0.1, -0.05) is 24.3 Å². The van der Waals surface area contributed by atoms with Crippen LogP contribution in [-0.2, 0) is 17.5 Å². The summed E-state index contributed by atoms with van der Waals surface area (Å²) in [6.07, 6.45) is -3.23. The second kappa shape index (κ2) is 11.7. The SMILES string of the molecule is CCN(NC(=O)c1cncc(C(F)(F)F)c1)C(=O)NCc1ccc(-c2cccc(F)c2C(=O)OC)cc1F. The quantitative estimate of drug-likeness (QED) is 0.270. The van der Waals surface area contributed by atoms with Gasteiger partial charge >= 0.3 is 18.2 Å². The Labute approximate surface area is 213 Å². The zero-order valence-electron chi connectivity index (χ0n) is 20.0. The number of methoxy groups -OCH3 is 1. The first kappa shape index (κ1) is 28.0. The normalized spacial score (nSPS) is 11.0. The molecule has 0 spiro atoms. The number of amides is 3. The number of carbonyl (C=O) groups excluding carboxylic acids is 3. The van der Waals surface area contributed by atoms with Crippen LogP contribution in [-0.4, -0.2) is 41.6 Å². The Bertz CT molecular complexity index is 1360. The van der Waals surface area contributed by atoms with Crippen molar-refractivity contribution in [2.24, 2.45) is 0 Å². The van der Waals surface area contributed by atoms with Crippen molar-refractivity contribution in [2.75, 3.05) is 13.7 Å². The van der Waals surface area contributed by atoms with Crippen LogP contribution in [0.3, 0.4) is 0 Å². The van der Waals surface area contributed by atoms with Gasteiger partial charge < -0.3 is 10.1 Å². The number of hydrogen-bond acceptors (Lipinski definition) is 5. The maximum absolute atomic E-state index is 14.8. The highest BCUT2D eigenvalue weighted by atomic mass is 19.4. The minimum absolute atomic E-state index is 0.0302. The molecule has 38 heavy (non-hydrogen) atoms. The fourth-order valence-corrected chi connectivity index (χ4v) is 3.38. The second-order valence-electron chi connectivity index (χ2n) is 7.76. The van der Waals surface area contributed by atoms with Crippen molar-refractivity contribution in [1.29, 1.82) is 0 Å². The van der Waals surface area contributed by atoms with Crippen molar-refractivity contribution < 1.29 is 41.1 Å². The van der Waals surface area contributed by atoms with E-state index >= 15 is 0 Å². The lowest BCUT2D eigenvalue weighted by Gasteiger charge is -2.22. The van der Waals surface area contributed by atoms with Crippen LogP contribution in [0.25, 0.3) is 11.1 Å². The lowest BCUT2D eigenvalue weighted by molar-refractivity contribution is -0.137. The summed E-state index contributed by atoms with van der Waals surface area (Å²) in [5.74, 6) is -3.55. The number of urea groups is 1. The van der Waals surface area contributed by atoms with Crippen molar-refractivity contribution in [3.63, 3.8) is 0 Å². The number of hydrazine groups is 1. The van der Waals surface area contributed by atoms with Gasteiger partial charge in [-0.3, -0.25) is 15.2 Å². The number of hydrogen-bond donors (Lipinski definition) is 2. The Balaban J connectivity index is 1.70. The van der Waals surface area contributed by atoms with Gasteiger partial charge in [0.25, 0.3) is 5.91 Å². The third kappa shape index (κ3) is 6.41. The molecule has 1 aromatic heterocycles. The van der Waals surface area contributed by atoms with E-state index in [1.165, 1.54) is 31.2 Å². The van der Waals surface area contributed by atoms with Gasteiger partial charge in [0.1, 0.15) is 17.2 Å². The molecule has 0 aliphatic rings. The number of carbonyl (C=O) groups is 3. The van der Waals surface area contributed by atoms with E-state index in [0.29, 0.717) is 12.3 Å². The number of pyridine rings is 1. The number of ether oxygens (including phenoxy) is 1. The van der Waals surface area contributed by atoms with Crippen molar-refractivity contribution in [1.82, 2.24) is 20.7 Å². The van der Waals surface area contributed by atoms with Crippen molar-refractivity contribution in [3.8, 4) is 11.1 Å². The number of benzene rings is 2. The van der Waals surface area contributed by atoms with Gasteiger partial charge in [0.05, 0.1) is 18.2 Å². The molecule has 0 atom stereocenters. The summed E-state index contributed by atoms with van der Waals surface area (Å²) in [4.78, 5) is 40.3. The van der Waals surface area contributed by atoms with Gasteiger partial charge in [-0.15, -0.1) is 0 Å². The van der Waals surface area contributed by atoms with Crippen molar-refractivity contribution in [3.05, 3.63) is 88.7 Å². The molecule has 3 rings (SSSR count). The number of nitrogens with one attached hydrogen (secondary N) is 2. The molecule has 0 unspecified atom stereocenters. The summed E-state index contributed by atoms with van der Waals surface area (Å²) in [6.45, 7) is 1.11. The fourth-order valence-electron chi connectivity index (χ4n) is 3.38. The molecule has 0 saturated carbocycles. The Morgan fingerprint density at radius 3 is 2.39 bits per heavy atom. The number of rotatable bonds is 6. The van der Waals surface area contributed by atoms with E-state index in [1.807, 2.05) is 0 Å². The van der Waals surface area contributed by atoms with E-state index < -0.39 is 46.8 Å². The maximum Gasteiger partial charge on any atom is 0.417 e. The number of esters is 1. The summed E-state index contributed by atoms with van der Waals surface area (Å²) < 4.78 is 72.3. The van der Waals surface area contributed by atoms with Gasteiger partial charge in [-0.2, -0.15) is 13.2 Å². The molecule has 200 valence electrons. The largest absolute Gasteiger partial charge is 0.465 e. The molecule has 1 heterocycles. The number of nitrogens with zero attached hydrogens (tertiary/aromatic N) is 2. The van der Waals surface area contributed by atoms with Crippen LogP contribution in [0.5, 0.6) is 0 Å². The molecule has 3 amide bonds. The average Bonchev–Trinajstić information content (AvgIpc) is 2.89. The summed E-state index contributed by atoms with van der Waals surface area (Å²) in [7, 11) is 1.09. The first-order valence-electron chi connectivity index (χ1n) is 11.0. The summed E-state index contributed by atoms with van der Waals surface area (Å²) in [5, 5.41) is 3.19. The number of halogens is 5. The molecule has 0 aliphatic heterocycles. The van der Waals surface area contributed by atoms with Gasteiger partial charge in [-0.25, -0.2) is 23.4 Å². The maximum atomic E-state index is 14.8. The molecule has 0 bridgehead atoms. The molecule has 0 radical (unpaired) electrons. The zero-order valence-corrected chi connectivity index (χ0v) is 20.0. The molecule has 2 aromatic carbocycles. The highest BCUT2D eigenvalue weighted by Gasteiger charge is 2.32. The summed E-state index contributed by atoms with van der Waals surface area (Å²) in [5.41, 5.74) is 0.587. The average molecular weight is 536 g/mol. The molecule has 8 nitrogen and oxygen atoms in total. The predicted octanol–water partition coefficient (Wildman–Crippen LogP) is 4.71. The van der Waals surface area contributed by atoms with E-state index in [1.54, 1.807) is 0 Å². The predicted molar refractivity (Wildman–Crippen MR) is 124 cm³/mol. The highest BCUT2D eigenvalue weighted by molar-refractivity contribution is 5.97. The van der Waals surface area contributed by atoms with E-state index in [0.717, 1.165) is 30.4 Å². The van der Waals surface area contributed by atoms with E-state index in [4.69, 9.17) is 0 Å². The van der Waals surface area contributed by atoms with Crippen LogP contribution in [0, 0.1) is 11.6 Å². The van der Waals surface area contributed by atoms with Crippen molar-refractivity contribution in [2.45, 2.75) is 19.6 Å². The summed E-state index contributed by atoms with van der Waals surface area (Å²) >= 11 is 0. The summed E-state index contributed by atoms with van der Waals surface area (Å²) in [6, 6.07) is 7.38. The van der Waals surface area contributed by atoms with Gasteiger partial charge in [-0.05, 0) is 36.2 Å². The third-order valence-electron chi connectivity index (χ3n) is 5.32. The standard InChI is InChI=1S/C25H21F5N4O4/c1-3-34(33-22(35)16-9-17(13-31-11-16)25(28,29)30)24(37)32-12-15-8-7-14(10-20(15)27)18-5-4-6-19(26)21(18)23(36)38-2/h4-11,13H,3,12H2,1-2H3,(H,32,37)(H,33,35). The van der Waals surface area contributed by atoms with Crippen LogP contribution >= 0.6 is 0 Å². The number of alkyl halides is 3. The van der Waals surface area contributed by atoms with Crippen LogP contribution in [0.15, 0.2) is 54.9 Å². The Hall–Kier alpha value is -4.55. The van der Waals surface area contributed by atoms with Crippen molar-refractivity contribution >= 4 is 17.9 Å². The molecule has 0 saturated heterocycles. The lowest BCUT2D eigenvalue weighted by Crippen LogP contribution is -2.50. The Morgan fingerprint density at radius 2 is 1.76 bits per heavy atom. The van der Waals surface area contributed by atoms with Crippen LogP contribution < -0.4 is 10.7 Å². The lowest BCUT2D eigenvalue weighted by atomic mass is 9.98. The molecule has 0 fully saturated rings. The minimum atomic E-state index is -4.71. The molecule has 2 N–H and O–H groups in total. The number of aromatic nitrogens is 1. The van der Waals surface area contributed by atoms with Crippen LogP contribution in [0.2, 0.25) is 0 Å². The molecule has 3 aromatic rings. The highest BCUT2D eigenvalue weighted by Crippen LogP contribution is 2.29. The Morgan fingerprint density at radius 1 is 1.03 bits per heavy atom. The molecular weight excluding hydrogens is 515 g/mol. The van der Waals surface area contributed by atoms with Crippen LogP contribution in [0.1, 0.15) is 38.8 Å². The second-order valence-corrected chi connectivity index (χ2v) is 7.76. The fraction of sp³-hybridized carbons (Fsp3) is 0.200. The topological polar surface area (TPSA) is 101 Å². The molecule has 0 aliphatic carbocycles. The third-order valence-corrected chi connectivity index (χ3v) is 5.32. The smallest absolute Gasteiger partial charge is 0.417 e. The van der Waals surface area contributed by atoms with Gasteiger partial charge in [0.15, 0.2) is 0 Å². The van der Waals surface area contributed by atoms with E-state index in [9.17, 15) is 36.3 Å². The molecule has 13 heteroatoms. The zero-order chi connectivity index (χ0) is 28.0. The van der Waals surface area contributed by atoms with E-state index in [2.05, 4.69) is 20.5 Å². The van der Waals surface area contributed by atoms with Gasteiger partial charge in [0, 0.05) is 31.0 Å². The first-order chi connectivity index (χ1) is 18.0. The first-order valence-corrected chi connectivity index (χ1v) is 11.0. The monoisotopic (exact) mass is 536 g/mol. The van der Waals surface area contributed by atoms with Crippen LogP contribution in [0.4, 0.5) is 26.7 Å². The Kier molecular flexibility index (Phi) is 8.61. The molecular formula is C25H21F5N4O4. The van der Waals surface area contributed by atoms with Gasteiger partial charge in [0.2, 0.25) is 0 Å².